The van der Waals surface area contributed by atoms with E-state index in [-0.39, 0.29) is 9.03 Å². The number of pyridine rings is 1. The van der Waals surface area contributed by atoms with E-state index in [4.69, 9.17) is 13.6 Å². The van der Waals surface area contributed by atoms with Gasteiger partial charge in [0.2, 0.25) is 0 Å². The van der Waals surface area contributed by atoms with E-state index in [1.165, 1.54) is 0 Å². The molecule has 8 aromatic rings. The summed E-state index contributed by atoms with van der Waals surface area (Å²) in [5.41, 5.74) is 4.90. The molecule has 6 heteroatoms. The molecule has 8 rings (SSSR count). The van der Waals surface area contributed by atoms with Crippen LogP contribution in [0.2, 0.25) is 0 Å². The van der Waals surface area contributed by atoms with Gasteiger partial charge in [0.25, 0.3) is 9.03 Å². The molecule has 0 amide bonds. The SMILES string of the molecule is Cc1cc2ccccc2c(-c2c(OP(c3ccccc3)c3ccccc3)c(C)cc3ccccc23)c1OPOc1cccc2cccnc12. The van der Waals surface area contributed by atoms with Gasteiger partial charge in [-0.05, 0) is 70.8 Å². The van der Waals surface area contributed by atoms with E-state index < -0.39 is 8.15 Å². The van der Waals surface area contributed by atoms with E-state index in [9.17, 15) is 0 Å². The second-order valence-corrected chi connectivity index (χ2v) is 14.3. The topological polar surface area (TPSA) is 40.6 Å². The largest absolute Gasteiger partial charge is 0.464 e. The van der Waals surface area contributed by atoms with Crippen molar-refractivity contribution in [3.63, 3.8) is 0 Å². The molecule has 49 heavy (non-hydrogen) atoms. The molecule has 0 aliphatic carbocycles. The monoisotopic (exact) mass is 673 g/mol. The van der Waals surface area contributed by atoms with Gasteiger partial charge in [0, 0.05) is 33.3 Å². The second-order valence-electron chi connectivity index (χ2n) is 11.9. The van der Waals surface area contributed by atoms with Crippen LogP contribution in [0.3, 0.4) is 0 Å². The molecule has 0 N–H and O–H groups in total. The second kappa shape index (κ2) is 13.7. The van der Waals surface area contributed by atoms with Gasteiger partial charge in [-0.3, -0.25) is 4.98 Å². The average molecular weight is 674 g/mol. The van der Waals surface area contributed by atoms with Crippen molar-refractivity contribution in [2.45, 2.75) is 13.8 Å². The summed E-state index contributed by atoms with van der Waals surface area (Å²) in [4.78, 5) is 4.57. The molecule has 0 bridgehead atoms. The molecule has 1 unspecified atom stereocenters. The number of benzene rings is 7. The molecule has 0 aliphatic rings. The molecule has 1 aromatic heterocycles. The third-order valence-electron chi connectivity index (χ3n) is 8.68. The Hall–Kier alpha value is -5.27. The van der Waals surface area contributed by atoms with Gasteiger partial charge in [0.15, 0.2) is 13.9 Å². The summed E-state index contributed by atoms with van der Waals surface area (Å²) in [5, 5.41) is 7.77. The summed E-state index contributed by atoms with van der Waals surface area (Å²) in [6.45, 7) is 4.25. The minimum absolute atomic E-state index is 0.296. The molecule has 0 saturated carbocycles. The van der Waals surface area contributed by atoms with Crippen molar-refractivity contribution >= 4 is 60.2 Å². The number of para-hydroxylation sites is 1. The van der Waals surface area contributed by atoms with Gasteiger partial charge in [0.05, 0.1) is 0 Å². The molecular formula is C43H33NO3P2. The fourth-order valence-electron chi connectivity index (χ4n) is 6.42. The van der Waals surface area contributed by atoms with E-state index in [0.29, 0.717) is 5.75 Å². The molecule has 0 saturated heterocycles. The van der Waals surface area contributed by atoms with Crippen molar-refractivity contribution in [3.8, 4) is 28.4 Å². The smallest absolute Gasteiger partial charge is 0.275 e. The predicted octanol–water partition coefficient (Wildman–Crippen LogP) is 11.2. The summed E-state index contributed by atoms with van der Waals surface area (Å²) >= 11 is 0. The highest BCUT2D eigenvalue weighted by Crippen LogP contribution is 2.52. The van der Waals surface area contributed by atoms with Crippen LogP contribution in [-0.4, -0.2) is 4.98 Å². The summed E-state index contributed by atoms with van der Waals surface area (Å²) < 4.78 is 20.4. The van der Waals surface area contributed by atoms with Gasteiger partial charge in [-0.15, -0.1) is 0 Å². The molecule has 7 aromatic carbocycles. The van der Waals surface area contributed by atoms with Crippen molar-refractivity contribution in [2.24, 2.45) is 0 Å². The van der Waals surface area contributed by atoms with E-state index in [2.05, 4.69) is 128 Å². The summed E-state index contributed by atoms with van der Waals surface area (Å²) in [7, 11) is -1.49. The predicted molar refractivity (Wildman–Crippen MR) is 207 cm³/mol. The van der Waals surface area contributed by atoms with E-state index in [1.807, 2.05) is 42.5 Å². The van der Waals surface area contributed by atoms with Crippen LogP contribution in [0.5, 0.6) is 17.2 Å². The number of nitrogens with zero attached hydrogens (tertiary/aromatic N) is 1. The Morgan fingerprint density at radius 1 is 0.510 bits per heavy atom. The summed E-state index contributed by atoms with van der Waals surface area (Å²) in [6, 6.07) is 52.5. The Balaban J connectivity index is 1.32. The average Bonchev–Trinajstić information content (AvgIpc) is 3.15. The van der Waals surface area contributed by atoms with E-state index in [1.54, 1.807) is 6.20 Å². The third kappa shape index (κ3) is 6.11. The highest BCUT2D eigenvalue weighted by molar-refractivity contribution is 7.68. The highest BCUT2D eigenvalue weighted by Gasteiger charge is 2.26. The van der Waals surface area contributed by atoms with Crippen LogP contribution >= 0.6 is 17.2 Å². The fraction of sp³-hybridized carbons (Fsp3) is 0.0465. The van der Waals surface area contributed by atoms with Gasteiger partial charge < -0.3 is 13.6 Å². The van der Waals surface area contributed by atoms with E-state index in [0.717, 1.165) is 76.8 Å². The third-order valence-corrected chi connectivity index (χ3v) is 11.2. The molecule has 1 heterocycles. The van der Waals surface area contributed by atoms with Crippen molar-refractivity contribution in [1.29, 1.82) is 0 Å². The lowest BCUT2D eigenvalue weighted by molar-refractivity contribution is 0.517. The first-order chi connectivity index (χ1) is 24.2. The molecule has 4 nitrogen and oxygen atoms in total. The van der Waals surface area contributed by atoms with Crippen LogP contribution in [-0.2, 0) is 0 Å². The van der Waals surface area contributed by atoms with Crippen LogP contribution in [0.25, 0.3) is 43.6 Å². The van der Waals surface area contributed by atoms with Crippen molar-refractivity contribution < 1.29 is 13.6 Å². The zero-order chi connectivity index (χ0) is 33.2. The van der Waals surface area contributed by atoms with Crippen molar-refractivity contribution in [1.82, 2.24) is 4.98 Å². The zero-order valence-electron chi connectivity index (χ0n) is 27.1. The Kier molecular flexibility index (Phi) is 8.67. The lowest BCUT2D eigenvalue weighted by Crippen LogP contribution is -2.16. The number of fused-ring (bicyclic) bond motifs is 3. The number of rotatable bonds is 9. The molecule has 0 radical (unpaired) electrons. The number of aryl methyl sites for hydroxylation is 2. The first-order valence-corrected chi connectivity index (χ1v) is 18.3. The maximum Gasteiger partial charge on any atom is 0.275 e. The molecule has 0 fully saturated rings. The molecule has 238 valence electrons. The highest BCUT2D eigenvalue weighted by atomic mass is 31.1. The maximum atomic E-state index is 7.35. The molecule has 1 atom stereocenters. The van der Waals surface area contributed by atoms with E-state index >= 15 is 0 Å². The normalized spacial score (nSPS) is 11.6. The van der Waals surface area contributed by atoms with Crippen LogP contribution < -0.4 is 24.2 Å². The standard InChI is InChI=1S/C43H33NO3P2/c1-29-27-32-15-9-11-23-36(32)39(42(29)46-48-45-38-25-13-17-31-18-14-26-44-41(31)38)40-37-24-12-10-16-33(37)28-30(2)43(40)47-49(34-19-5-3-6-20-34)35-21-7-4-8-22-35/h3-28,48H,1-2H3. The Labute approximate surface area is 289 Å². The minimum atomic E-state index is -1.19. The maximum absolute atomic E-state index is 7.35. The number of hydrogen-bond donors (Lipinski definition) is 0. The number of aromatic nitrogens is 1. The van der Waals surface area contributed by atoms with Crippen molar-refractivity contribution in [3.05, 3.63) is 169 Å². The molecular weight excluding hydrogens is 640 g/mol. The summed E-state index contributed by atoms with van der Waals surface area (Å²) in [6.07, 6.45) is 1.79. The lowest BCUT2D eigenvalue weighted by atomic mass is 9.89. The first kappa shape index (κ1) is 31.0. The van der Waals surface area contributed by atoms with Gasteiger partial charge in [0.1, 0.15) is 17.0 Å². The first-order valence-electron chi connectivity index (χ1n) is 16.2. The minimum Gasteiger partial charge on any atom is -0.464 e. The molecule has 0 aliphatic heterocycles. The summed E-state index contributed by atoms with van der Waals surface area (Å²) in [5.74, 6) is 2.31. The van der Waals surface area contributed by atoms with Gasteiger partial charge in [-0.1, -0.05) is 127 Å². The van der Waals surface area contributed by atoms with Gasteiger partial charge in [-0.25, -0.2) is 0 Å². The fourth-order valence-corrected chi connectivity index (χ4v) is 8.88. The van der Waals surface area contributed by atoms with Crippen molar-refractivity contribution in [2.75, 3.05) is 0 Å². The van der Waals surface area contributed by atoms with Gasteiger partial charge in [-0.2, -0.15) is 0 Å². The van der Waals surface area contributed by atoms with Crippen LogP contribution in [0, 0.1) is 13.8 Å². The Morgan fingerprint density at radius 2 is 1.04 bits per heavy atom. The quantitative estimate of drug-likeness (QED) is 0.143. The Bertz CT molecular complexity index is 2390. The lowest BCUT2D eigenvalue weighted by Gasteiger charge is -2.26. The molecule has 0 spiro atoms. The number of hydrogen-bond acceptors (Lipinski definition) is 4. The van der Waals surface area contributed by atoms with Crippen LogP contribution in [0.1, 0.15) is 11.1 Å². The Morgan fingerprint density at radius 3 is 1.69 bits per heavy atom. The van der Waals surface area contributed by atoms with Crippen LogP contribution in [0.15, 0.2) is 158 Å². The van der Waals surface area contributed by atoms with Gasteiger partial charge >= 0.3 is 0 Å². The zero-order valence-corrected chi connectivity index (χ0v) is 29.0. The van der Waals surface area contributed by atoms with Crippen LogP contribution in [0.4, 0.5) is 0 Å².